The molecule has 232 valence electrons. The van der Waals surface area contributed by atoms with Gasteiger partial charge in [0.15, 0.2) is 17.5 Å². The zero-order chi connectivity index (χ0) is 33.0. The van der Waals surface area contributed by atoms with Crippen LogP contribution in [0.3, 0.4) is 0 Å². The summed E-state index contributed by atoms with van der Waals surface area (Å²) in [5.74, 6) is 1.88. The molecule has 0 aliphatic heterocycles. The van der Waals surface area contributed by atoms with Crippen molar-refractivity contribution >= 4 is 54.1 Å². The highest BCUT2D eigenvalue weighted by molar-refractivity contribution is 6.06. The van der Waals surface area contributed by atoms with Gasteiger partial charge in [0.25, 0.3) is 0 Å². The van der Waals surface area contributed by atoms with Crippen LogP contribution in [-0.2, 0) is 0 Å². The van der Waals surface area contributed by atoms with Gasteiger partial charge in [-0.2, -0.15) is 0 Å². The number of benzene rings is 8. The minimum atomic E-state index is 0.612. The summed E-state index contributed by atoms with van der Waals surface area (Å²) in [6.07, 6.45) is 1.47. The largest absolute Gasteiger partial charge is 0.233 e. The van der Waals surface area contributed by atoms with E-state index >= 15 is 0 Å². The van der Waals surface area contributed by atoms with Crippen molar-refractivity contribution in [1.29, 1.82) is 0 Å². The average Bonchev–Trinajstić information content (AvgIpc) is 3.18. The first-order valence-electron chi connectivity index (χ1n) is 16.5. The summed E-state index contributed by atoms with van der Waals surface area (Å²) < 4.78 is 0. The van der Waals surface area contributed by atoms with Crippen LogP contribution in [0.4, 0.5) is 0 Å². The first kappa shape index (κ1) is 28.1. The lowest BCUT2D eigenvalue weighted by Crippen LogP contribution is -2.01. The maximum atomic E-state index is 5.21. The maximum absolute atomic E-state index is 5.21. The van der Waals surface area contributed by atoms with Crippen molar-refractivity contribution in [2.75, 3.05) is 0 Å². The third-order valence-corrected chi connectivity index (χ3v) is 9.48. The van der Waals surface area contributed by atoms with Crippen molar-refractivity contribution in [1.82, 2.24) is 30.1 Å². The van der Waals surface area contributed by atoms with E-state index in [9.17, 15) is 0 Å². The summed E-state index contributed by atoms with van der Waals surface area (Å²) in [7, 11) is 0. The van der Waals surface area contributed by atoms with E-state index in [-0.39, 0.29) is 0 Å². The Morgan fingerprint density at radius 1 is 0.340 bits per heavy atom. The van der Waals surface area contributed by atoms with Gasteiger partial charge in [-0.15, -0.1) is 10.2 Å². The predicted molar refractivity (Wildman–Crippen MR) is 202 cm³/mol. The van der Waals surface area contributed by atoms with Gasteiger partial charge < -0.3 is 0 Å². The Labute approximate surface area is 286 Å². The number of hydrogen-bond donors (Lipinski definition) is 0. The molecule has 2 aromatic heterocycles. The Kier molecular flexibility index (Phi) is 6.39. The molecule has 0 radical (unpaired) electrons. The monoisotopic (exact) mass is 638 g/mol. The van der Waals surface area contributed by atoms with Crippen LogP contribution in [0.15, 0.2) is 158 Å². The molecule has 50 heavy (non-hydrogen) atoms. The second-order valence-corrected chi connectivity index (χ2v) is 12.5. The van der Waals surface area contributed by atoms with Gasteiger partial charge in [0, 0.05) is 16.7 Å². The lowest BCUT2D eigenvalue weighted by atomic mass is 9.98. The number of hydrogen-bond acceptors (Lipinski definition) is 6. The molecule has 6 nitrogen and oxygen atoms in total. The van der Waals surface area contributed by atoms with E-state index in [1.54, 1.807) is 0 Å². The second kappa shape index (κ2) is 11.4. The molecule has 10 aromatic rings. The highest BCUT2D eigenvalue weighted by Crippen LogP contribution is 2.35. The van der Waals surface area contributed by atoms with Crippen molar-refractivity contribution in [2.24, 2.45) is 0 Å². The molecular weight excluding hydrogens is 613 g/mol. The Balaban J connectivity index is 1.17. The van der Waals surface area contributed by atoms with Crippen LogP contribution in [0.2, 0.25) is 0 Å². The van der Waals surface area contributed by atoms with Crippen molar-refractivity contribution in [3.8, 4) is 45.3 Å². The summed E-state index contributed by atoms with van der Waals surface area (Å²) in [6, 6.07) is 52.9. The number of nitrogens with zero attached hydrogens (tertiary/aromatic N) is 6. The van der Waals surface area contributed by atoms with Crippen LogP contribution in [0.5, 0.6) is 0 Å². The fourth-order valence-electron chi connectivity index (χ4n) is 6.95. The molecule has 10 rings (SSSR count). The molecule has 0 aliphatic rings. The highest BCUT2D eigenvalue weighted by Gasteiger charge is 2.17. The van der Waals surface area contributed by atoms with Crippen LogP contribution in [0.1, 0.15) is 0 Å². The lowest BCUT2D eigenvalue weighted by molar-refractivity contribution is 1.02. The molecule has 2 heterocycles. The van der Waals surface area contributed by atoms with E-state index in [1.165, 1.54) is 27.9 Å². The Hall–Kier alpha value is -6.92. The smallest absolute Gasteiger partial charge is 0.164 e. The van der Waals surface area contributed by atoms with Gasteiger partial charge in [-0.1, -0.05) is 115 Å². The molecule has 0 saturated carbocycles. The van der Waals surface area contributed by atoms with Gasteiger partial charge in [0.05, 0.1) is 5.52 Å². The fourth-order valence-corrected chi connectivity index (χ4v) is 6.95. The van der Waals surface area contributed by atoms with E-state index in [0.717, 1.165) is 60.4 Å². The van der Waals surface area contributed by atoms with E-state index < -0.39 is 0 Å². The number of aromatic nitrogens is 6. The molecule has 0 spiro atoms. The zero-order valence-electron chi connectivity index (χ0n) is 26.7. The van der Waals surface area contributed by atoms with Crippen LogP contribution in [0, 0.1) is 0 Å². The molecule has 0 N–H and O–H groups in total. The highest BCUT2D eigenvalue weighted by atomic mass is 15.1. The standard InChI is InChI=1S/C44H26N6/c1-3-9-31-23-38-34(21-29(31)7-1)11-5-13-36(38)43-47-42(28-17-15-27(16-18-28)33-19-20-40-41(25-33)50-46-26-45-40)48-44(49-43)37-14-6-12-35-22-30-8-2-4-10-32(30)24-39(35)37/h1-26H. The molecule has 0 unspecified atom stereocenters. The van der Waals surface area contributed by atoms with Gasteiger partial charge in [0.2, 0.25) is 0 Å². The zero-order valence-corrected chi connectivity index (χ0v) is 26.7. The van der Waals surface area contributed by atoms with Crippen LogP contribution in [0.25, 0.3) is 99.4 Å². The predicted octanol–water partition coefficient (Wildman–Crippen LogP) is 10.5. The van der Waals surface area contributed by atoms with E-state index in [4.69, 9.17) is 15.0 Å². The summed E-state index contributed by atoms with van der Waals surface area (Å²) in [4.78, 5) is 19.8. The molecule has 0 fully saturated rings. The Bertz CT molecular complexity index is 2800. The average molecular weight is 639 g/mol. The third-order valence-electron chi connectivity index (χ3n) is 9.48. The summed E-state index contributed by atoms with van der Waals surface area (Å²) >= 11 is 0. The molecule has 8 aromatic carbocycles. The quantitative estimate of drug-likeness (QED) is 0.179. The summed E-state index contributed by atoms with van der Waals surface area (Å²) in [6.45, 7) is 0. The maximum Gasteiger partial charge on any atom is 0.164 e. The first-order valence-corrected chi connectivity index (χ1v) is 16.5. The summed E-state index contributed by atoms with van der Waals surface area (Å²) in [5, 5.41) is 17.4. The normalized spacial score (nSPS) is 11.6. The van der Waals surface area contributed by atoms with Crippen molar-refractivity contribution in [2.45, 2.75) is 0 Å². The van der Waals surface area contributed by atoms with Gasteiger partial charge in [-0.25, -0.2) is 19.9 Å². The van der Waals surface area contributed by atoms with Crippen LogP contribution >= 0.6 is 0 Å². The van der Waals surface area contributed by atoms with E-state index in [2.05, 4.69) is 155 Å². The third kappa shape index (κ3) is 4.81. The fraction of sp³-hybridized carbons (Fsp3) is 0. The second-order valence-electron chi connectivity index (χ2n) is 12.5. The number of fused-ring (bicyclic) bond motifs is 5. The van der Waals surface area contributed by atoms with Crippen LogP contribution < -0.4 is 0 Å². The Morgan fingerprint density at radius 2 is 0.840 bits per heavy atom. The topological polar surface area (TPSA) is 77.3 Å². The minimum Gasteiger partial charge on any atom is -0.233 e. The molecule has 0 aliphatic carbocycles. The molecule has 0 saturated heterocycles. The van der Waals surface area contributed by atoms with E-state index in [1.807, 2.05) is 12.1 Å². The van der Waals surface area contributed by atoms with Crippen molar-refractivity contribution < 1.29 is 0 Å². The van der Waals surface area contributed by atoms with Crippen molar-refractivity contribution in [3.05, 3.63) is 158 Å². The molecule has 0 bridgehead atoms. The van der Waals surface area contributed by atoms with Gasteiger partial charge >= 0.3 is 0 Å². The first-order chi connectivity index (χ1) is 24.7. The van der Waals surface area contributed by atoms with Gasteiger partial charge in [0.1, 0.15) is 11.8 Å². The van der Waals surface area contributed by atoms with Gasteiger partial charge in [-0.05, 0) is 90.6 Å². The molecular formula is C44H26N6. The number of rotatable bonds is 4. The van der Waals surface area contributed by atoms with E-state index in [0.29, 0.717) is 17.5 Å². The summed E-state index contributed by atoms with van der Waals surface area (Å²) in [5.41, 5.74) is 6.49. The van der Waals surface area contributed by atoms with Gasteiger partial charge in [-0.3, -0.25) is 0 Å². The molecule has 0 amide bonds. The molecule has 0 atom stereocenters. The SMILES string of the molecule is c1ccc2cc3c(-c4nc(-c5ccc(-c6ccc7ncnnc7c6)cc5)nc(-c5cccc6cc7ccccc7cc56)n4)cccc3cc2c1. The lowest BCUT2D eigenvalue weighted by Gasteiger charge is -2.13. The molecule has 6 heteroatoms. The Morgan fingerprint density at radius 3 is 1.44 bits per heavy atom. The van der Waals surface area contributed by atoms with Crippen molar-refractivity contribution in [3.63, 3.8) is 0 Å². The minimum absolute atomic E-state index is 0.612. The van der Waals surface area contributed by atoms with Crippen LogP contribution in [-0.4, -0.2) is 30.1 Å².